The molecule has 0 saturated heterocycles. The van der Waals surface area contributed by atoms with Crippen LogP contribution in [0.4, 0.5) is 8.78 Å². The number of hydrogen-bond acceptors (Lipinski definition) is 3. The summed E-state index contributed by atoms with van der Waals surface area (Å²) >= 11 is 0. The molecule has 0 spiro atoms. The number of hydrogen-bond donors (Lipinski definition) is 2. The second-order valence-corrected chi connectivity index (χ2v) is 4.23. The van der Waals surface area contributed by atoms with Gasteiger partial charge in [-0.3, -0.25) is 4.79 Å². The van der Waals surface area contributed by atoms with Crippen LogP contribution >= 0.6 is 0 Å². The lowest BCUT2D eigenvalue weighted by Gasteiger charge is -2.08. The van der Waals surface area contributed by atoms with E-state index in [4.69, 9.17) is 4.74 Å². The second kappa shape index (κ2) is 9.25. The smallest absolute Gasteiger partial charge is 0.220 e. The number of carbonyl (C=O) groups is 1. The normalized spacial score (nSPS) is 10.3. The highest BCUT2D eigenvalue weighted by Crippen LogP contribution is 2.17. The summed E-state index contributed by atoms with van der Waals surface area (Å²) in [4.78, 5) is 11.4. The first-order chi connectivity index (χ1) is 9.63. The number of ether oxygens (including phenoxy) is 1. The number of nitrogens with one attached hydrogen (secondary N) is 2. The molecule has 0 fully saturated rings. The zero-order chi connectivity index (χ0) is 14.8. The molecule has 0 aliphatic heterocycles. The quantitative estimate of drug-likeness (QED) is 0.681. The minimum Gasteiger partial charge on any atom is -0.491 e. The lowest BCUT2D eigenvalue weighted by molar-refractivity contribution is -0.121. The Morgan fingerprint density at radius 2 is 2.10 bits per heavy atom. The molecule has 0 atom stereocenters. The van der Waals surface area contributed by atoms with Crippen LogP contribution in [0.5, 0.6) is 5.75 Å². The van der Waals surface area contributed by atoms with E-state index in [-0.39, 0.29) is 18.3 Å². The second-order valence-electron chi connectivity index (χ2n) is 4.23. The summed E-state index contributed by atoms with van der Waals surface area (Å²) in [5, 5.41) is 5.85. The van der Waals surface area contributed by atoms with E-state index < -0.39 is 11.6 Å². The fraction of sp³-hybridized carbons (Fsp3) is 0.500. The van der Waals surface area contributed by atoms with Gasteiger partial charge in [-0.1, -0.05) is 6.92 Å². The minimum absolute atomic E-state index is 0.000969. The van der Waals surface area contributed by atoms with Gasteiger partial charge in [-0.25, -0.2) is 8.78 Å². The third kappa shape index (κ3) is 6.47. The van der Waals surface area contributed by atoms with Crippen molar-refractivity contribution in [2.45, 2.75) is 19.8 Å². The first-order valence-electron chi connectivity index (χ1n) is 6.68. The summed E-state index contributed by atoms with van der Waals surface area (Å²) in [6, 6.07) is 3.13. The summed E-state index contributed by atoms with van der Waals surface area (Å²) in [6.07, 6.45) is 0.790. The number of amides is 1. The summed E-state index contributed by atoms with van der Waals surface area (Å²) in [5.41, 5.74) is 0. The SMILES string of the molecule is CCNCCNC(=O)CCCOc1ccc(F)cc1F. The third-order valence-electron chi connectivity index (χ3n) is 2.57. The van der Waals surface area contributed by atoms with Gasteiger partial charge in [0, 0.05) is 25.6 Å². The van der Waals surface area contributed by atoms with Crippen molar-refractivity contribution in [1.82, 2.24) is 10.6 Å². The summed E-state index contributed by atoms with van der Waals surface area (Å²) < 4.78 is 31.0. The van der Waals surface area contributed by atoms with E-state index in [1.54, 1.807) is 0 Å². The molecular formula is C14H20F2N2O2. The molecule has 0 radical (unpaired) electrons. The number of halogens is 2. The fourth-order valence-electron chi connectivity index (χ4n) is 1.56. The van der Waals surface area contributed by atoms with Gasteiger partial charge in [0.15, 0.2) is 11.6 Å². The lowest BCUT2D eigenvalue weighted by Crippen LogP contribution is -2.31. The van der Waals surface area contributed by atoms with Crippen molar-refractivity contribution in [1.29, 1.82) is 0 Å². The Labute approximate surface area is 117 Å². The van der Waals surface area contributed by atoms with Crippen LogP contribution in [0.25, 0.3) is 0 Å². The third-order valence-corrected chi connectivity index (χ3v) is 2.57. The molecule has 0 unspecified atom stereocenters. The van der Waals surface area contributed by atoms with E-state index in [0.29, 0.717) is 19.4 Å². The summed E-state index contributed by atoms with van der Waals surface area (Å²) in [7, 11) is 0. The van der Waals surface area contributed by atoms with E-state index in [1.807, 2.05) is 6.92 Å². The fourth-order valence-corrected chi connectivity index (χ4v) is 1.56. The number of likely N-dealkylation sites (N-methyl/N-ethyl adjacent to an activating group) is 1. The minimum atomic E-state index is -0.736. The molecule has 4 nitrogen and oxygen atoms in total. The van der Waals surface area contributed by atoms with Crippen molar-refractivity contribution in [2.24, 2.45) is 0 Å². The van der Waals surface area contributed by atoms with Crippen LogP contribution in [0.2, 0.25) is 0 Å². The maximum absolute atomic E-state index is 13.2. The molecule has 0 saturated carbocycles. The van der Waals surface area contributed by atoms with E-state index >= 15 is 0 Å². The Bertz CT molecular complexity index is 428. The maximum atomic E-state index is 13.2. The van der Waals surface area contributed by atoms with Crippen LogP contribution in [0.1, 0.15) is 19.8 Å². The molecule has 0 aliphatic rings. The van der Waals surface area contributed by atoms with Gasteiger partial charge in [-0.15, -0.1) is 0 Å². The highest BCUT2D eigenvalue weighted by Gasteiger charge is 2.05. The zero-order valence-electron chi connectivity index (χ0n) is 11.5. The predicted octanol–water partition coefficient (Wildman–Crippen LogP) is 1.85. The molecule has 1 amide bonds. The largest absolute Gasteiger partial charge is 0.491 e. The van der Waals surface area contributed by atoms with Crippen LogP contribution in [-0.2, 0) is 4.79 Å². The summed E-state index contributed by atoms with van der Waals surface area (Å²) in [6.45, 7) is 4.39. The molecule has 20 heavy (non-hydrogen) atoms. The van der Waals surface area contributed by atoms with Gasteiger partial charge in [0.2, 0.25) is 5.91 Å². The molecule has 1 aromatic carbocycles. The van der Waals surface area contributed by atoms with E-state index in [1.165, 1.54) is 6.07 Å². The van der Waals surface area contributed by atoms with Crippen molar-refractivity contribution in [3.8, 4) is 5.75 Å². The first kappa shape index (κ1) is 16.4. The Balaban J connectivity index is 2.13. The molecular weight excluding hydrogens is 266 g/mol. The highest BCUT2D eigenvalue weighted by atomic mass is 19.1. The lowest BCUT2D eigenvalue weighted by atomic mass is 10.3. The Hall–Kier alpha value is -1.69. The first-order valence-corrected chi connectivity index (χ1v) is 6.68. The molecule has 0 aromatic heterocycles. The molecule has 1 rings (SSSR count). The van der Waals surface area contributed by atoms with Gasteiger partial charge in [-0.2, -0.15) is 0 Å². The van der Waals surface area contributed by atoms with Gasteiger partial charge >= 0.3 is 0 Å². The van der Waals surface area contributed by atoms with Gasteiger partial charge in [0.25, 0.3) is 0 Å². The van der Waals surface area contributed by atoms with Crippen molar-refractivity contribution >= 4 is 5.91 Å². The van der Waals surface area contributed by atoms with Crippen molar-refractivity contribution in [2.75, 3.05) is 26.2 Å². The molecule has 6 heteroatoms. The number of rotatable bonds is 9. The summed E-state index contributed by atoms with van der Waals surface area (Å²) in [5.74, 6) is -1.44. The predicted molar refractivity (Wildman–Crippen MR) is 72.6 cm³/mol. The van der Waals surface area contributed by atoms with E-state index in [0.717, 1.165) is 25.2 Å². The van der Waals surface area contributed by atoms with Gasteiger partial charge in [-0.05, 0) is 25.1 Å². The van der Waals surface area contributed by atoms with E-state index in [9.17, 15) is 13.6 Å². The average Bonchev–Trinajstić information content (AvgIpc) is 2.41. The van der Waals surface area contributed by atoms with Gasteiger partial charge < -0.3 is 15.4 Å². The van der Waals surface area contributed by atoms with Crippen molar-refractivity contribution in [3.05, 3.63) is 29.8 Å². The molecule has 112 valence electrons. The Kier molecular flexibility index (Phi) is 7.57. The van der Waals surface area contributed by atoms with Crippen LogP contribution in [0, 0.1) is 11.6 Å². The molecule has 2 N–H and O–H groups in total. The van der Waals surface area contributed by atoms with Crippen LogP contribution in [0.15, 0.2) is 18.2 Å². The topological polar surface area (TPSA) is 50.4 Å². The van der Waals surface area contributed by atoms with E-state index in [2.05, 4.69) is 10.6 Å². The molecule has 0 heterocycles. The monoisotopic (exact) mass is 286 g/mol. The highest BCUT2D eigenvalue weighted by molar-refractivity contribution is 5.75. The van der Waals surface area contributed by atoms with Crippen molar-refractivity contribution in [3.63, 3.8) is 0 Å². The average molecular weight is 286 g/mol. The van der Waals surface area contributed by atoms with Crippen molar-refractivity contribution < 1.29 is 18.3 Å². The van der Waals surface area contributed by atoms with Gasteiger partial charge in [0.05, 0.1) is 6.61 Å². The Morgan fingerprint density at radius 3 is 2.80 bits per heavy atom. The Morgan fingerprint density at radius 1 is 1.30 bits per heavy atom. The zero-order valence-corrected chi connectivity index (χ0v) is 11.5. The van der Waals surface area contributed by atoms with Crippen LogP contribution in [0.3, 0.4) is 0 Å². The molecule has 0 aliphatic carbocycles. The standard InChI is InChI=1S/C14H20F2N2O2/c1-2-17-7-8-18-14(19)4-3-9-20-13-6-5-11(15)10-12(13)16/h5-6,10,17H,2-4,7-9H2,1H3,(H,18,19). The molecule has 0 bridgehead atoms. The maximum Gasteiger partial charge on any atom is 0.220 e. The number of carbonyl (C=O) groups excluding carboxylic acids is 1. The molecule has 1 aromatic rings. The van der Waals surface area contributed by atoms with Gasteiger partial charge in [0.1, 0.15) is 5.82 Å². The van der Waals surface area contributed by atoms with Crippen LogP contribution in [-0.4, -0.2) is 32.1 Å². The van der Waals surface area contributed by atoms with Crippen LogP contribution < -0.4 is 15.4 Å². The number of benzene rings is 1.